The molecule has 4 aliphatic carbocycles. The first kappa shape index (κ1) is 20.7. The predicted octanol–water partition coefficient (Wildman–Crippen LogP) is 4.48. The molecule has 4 heteroatoms. The van der Waals surface area contributed by atoms with Crippen LogP contribution < -0.4 is 0 Å². The van der Waals surface area contributed by atoms with Crippen molar-refractivity contribution >= 4 is 5.97 Å². The van der Waals surface area contributed by atoms with Crippen molar-refractivity contribution in [2.75, 3.05) is 0 Å². The summed E-state index contributed by atoms with van der Waals surface area (Å²) in [5.41, 5.74) is 0.523. The normalized spacial score (nSPS) is 51.7. The summed E-state index contributed by atoms with van der Waals surface area (Å²) in [5.74, 6) is 2.36. The van der Waals surface area contributed by atoms with Crippen molar-refractivity contribution in [2.45, 2.75) is 97.2 Å². The van der Waals surface area contributed by atoms with Gasteiger partial charge in [-0.25, -0.2) is 0 Å². The molecular formula is C24H40O4. The van der Waals surface area contributed by atoms with E-state index in [-0.39, 0.29) is 29.5 Å². The third kappa shape index (κ3) is 3.14. The number of carboxylic acid groups (broad SMARTS) is 1. The molecule has 4 aliphatic rings. The Hall–Kier alpha value is -0.610. The number of aliphatic carboxylic acids is 1. The third-order valence-corrected chi connectivity index (χ3v) is 10.2. The zero-order chi connectivity index (χ0) is 20.3. The van der Waals surface area contributed by atoms with Crippen molar-refractivity contribution in [1.82, 2.24) is 0 Å². The molecule has 0 aliphatic heterocycles. The molecule has 4 nitrogen and oxygen atoms in total. The molecule has 0 saturated heterocycles. The Bertz CT molecular complexity index is 605. The van der Waals surface area contributed by atoms with Gasteiger partial charge in [0.05, 0.1) is 12.2 Å². The average Bonchev–Trinajstić information content (AvgIpc) is 2.98. The van der Waals surface area contributed by atoms with Crippen LogP contribution in [-0.4, -0.2) is 33.5 Å². The Morgan fingerprint density at radius 3 is 2.39 bits per heavy atom. The highest BCUT2D eigenvalue weighted by molar-refractivity contribution is 5.66. The summed E-state index contributed by atoms with van der Waals surface area (Å²) >= 11 is 0. The number of fused-ring (bicyclic) bond motifs is 5. The van der Waals surface area contributed by atoms with Gasteiger partial charge in [0.1, 0.15) is 0 Å². The number of hydrogen-bond acceptors (Lipinski definition) is 3. The van der Waals surface area contributed by atoms with Crippen molar-refractivity contribution in [3.63, 3.8) is 0 Å². The highest BCUT2D eigenvalue weighted by Crippen LogP contribution is 2.68. The molecule has 160 valence electrons. The van der Waals surface area contributed by atoms with E-state index in [9.17, 15) is 15.0 Å². The van der Waals surface area contributed by atoms with Gasteiger partial charge in [-0.2, -0.15) is 0 Å². The maximum atomic E-state index is 11.2. The largest absolute Gasteiger partial charge is 0.481 e. The Labute approximate surface area is 170 Å². The van der Waals surface area contributed by atoms with Crippen LogP contribution in [0.15, 0.2) is 0 Å². The predicted molar refractivity (Wildman–Crippen MR) is 109 cm³/mol. The summed E-state index contributed by atoms with van der Waals surface area (Å²) in [5, 5.41) is 30.5. The summed E-state index contributed by atoms with van der Waals surface area (Å²) in [7, 11) is 0. The highest BCUT2D eigenvalue weighted by Gasteiger charge is 2.62. The second-order valence-electron chi connectivity index (χ2n) is 11.4. The summed E-state index contributed by atoms with van der Waals surface area (Å²) in [4.78, 5) is 11.1. The first-order chi connectivity index (χ1) is 13.2. The van der Waals surface area contributed by atoms with Gasteiger partial charge in [-0.15, -0.1) is 0 Å². The Balaban J connectivity index is 1.55. The van der Waals surface area contributed by atoms with E-state index in [4.69, 9.17) is 5.11 Å². The van der Waals surface area contributed by atoms with Gasteiger partial charge in [-0.3, -0.25) is 4.79 Å². The van der Waals surface area contributed by atoms with Gasteiger partial charge < -0.3 is 15.3 Å². The molecule has 0 bridgehead atoms. The van der Waals surface area contributed by atoms with Crippen LogP contribution in [-0.2, 0) is 4.79 Å². The second kappa shape index (κ2) is 7.27. The van der Waals surface area contributed by atoms with E-state index < -0.39 is 5.97 Å². The fourth-order valence-corrected chi connectivity index (χ4v) is 8.73. The minimum atomic E-state index is -0.684. The summed E-state index contributed by atoms with van der Waals surface area (Å²) in [6, 6.07) is 0. The van der Waals surface area contributed by atoms with Crippen molar-refractivity contribution in [2.24, 2.45) is 46.3 Å². The van der Waals surface area contributed by atoms with Gasteiger partial charge in [0.15, 0.2) is 0 Å². The number of aliphatic hydroxyl groups excluding tert-OH is 2. The topological polar surface area (TPSA) is 77.8 Å². The number of aliphatic hydroxyl groups is 2. The van der Waals surface area contributed by atoms with Crippen molar-refractivity contribution in [1.29, 1.82) is 0 Å². The van der Waals surface area contributed by atoms with Gasteiger partial charge in [0.2, 0.25) is 0 Å². The zero-order valence-electron chi connectivity index (χ0n) is 17.9. The molecule has 0 heterocycles. The van der Waals surface area contributed by atoms with E-state index in [1.165, 1.54) is 25.7 Å². The second-order valence-corrected chi connectivity index (χ2v) is 11.4. The van der Waals surface area contributed by atoms with E-state index in [1.807, 2.05) is 0 Å². The molecule has 10 atom stereocenters. The maximum Gasteiger partial charge on any atom is 0.303 e. The molecule has 0 aromatic rings. The van der Waals surface area contributed by atoms with Crippen LogP contribution >= 0.6 is 0 Å². The lowest BCUT2D eigenvalue weighted by Gasteiger charge is -2.62. The minimum Gasteiger partial charge on any atom is -0.481 e. The number of hydrogen-bond donors (Lipinski definition) is 3. The van der Waals surface area contributed by atoms with Gasteiger partial charge in [-0.05, 0) is 104 Å². The van der Waals surface area contributed by atoms with Gasteiger partial charge in [0.25, 0.3) is 0 Å². The molecule has 0 radical (unpaired) electrons. The van der Waals surface area contributed by atoms with E-state index in [2.05, 4.69) is 20.8 Å². The number of carbonyl (C=O) groups is 1. The summed E-state index contributed by atoms with van der Waals surface area (Å²) < 4.78 is 0. The van der Waals surface area contributed by atoms with E-state index in [1.54, 1.807) is 0 Å². The van der Waals surface area contributed by atoms with Crippen LogP contribution in [0.4, 0.5) is 0 Å². The third-order valence-electron chi connectivity index (χ3n) is 10.2. The van der Waals surface area contributed by atoms with Gasteiger partial charge >= 0.3 is 5.97 Å². The molecule has 4 rings (SSSR count). The van der Waals surface area contributed by atoms with E-state index in [0.29, 0.717) is 35.5 Å². The van der Waals surface area contributed by atoms with E-state index in [0.717, 1.165) is 32.1 Å². The van der Waals surface area contributed by atoms with Crippen LogP contribution in [0.2, 0.25) is 0 Å². The number of rotatable bonds is 4. The molecule has 0 unspecified atom stereocenters. The molecular weight excluding hydrogens is 353 g/mol. The monoisotopic (exact) mass is 393 g/mol. The van der Waals surface area contributed by atoms with Crippen molar-refractivity contribution in [3.8, 4) is 0 Å². The lowest BCUT2D eigenvalue weighted by atomic mass is 9.43. The molecule has 3 N–H and O–H groups in total. The lowest BCUT2D eigenvalue weighted by Crippen LogP contribution is -2.58. The highest BCUT2D eigenvalue weighted by atomic mass is 16.5. The van der Waals surface area contributed by atoms with Crippen LogP contribution in [0.25, 0.3) is 0 Å². The van der Waals surface area contributed by atoms with Crippen LogP contribution in [0.1, 0.15) is 85.0 Å². The Kier molecular flexibility index (Phi) is 5.36. The quantitative estimate of drug-likeness (QED) is 0.616. The molecule has 0 aromatic heterocycles. The Morgan fingerprint density at radius 2 is 1.68 bits per heavy atom. The van der Waals surface area contributed by atoms with Crippen LogP contribution in [0.3, 0.4) is 0 Å². The fraction of sp³-hybridized carbons (Fsp3) is 0.958. The molecule has 4 fully saturated rings. The van der Waals surface area contributed by atoms with Gasteiger partial charge in [-0.1, -0.05) is 20.8 Å². The smallest absolute Gasteiger partial charge is 0.303 e. The van der Waals surface area contributed by atoms with Crippen LogP contribution in [0.5, 0.6) is 0 Å². The zero-order valence-corrected chi connectivity index (χ0v) is 17.9. The molecule has 0 aromatic carbocycles. The Morgan fingerprint density at radius 1 is 1.00 bits per heavy atom. The van der Waals surface area contributed by atoms with E-state index >= 15 is 0 Å². The summed E-state index contributed by atoms with van der Waals surface area (Å²) in [6.07, 6.45) is 9.19. The van der Waals surface area contributed by atoms with Gasteiger partial charge in [0, 0.05) is 6.42 Å². The average molecular weight is 394 g/mol. The molecule has 0 spiro atoms. The number of carboxylic acids is 1. The van der Waals surface area contributed by atoms with Crippen LogP contribution in [0, 0.1) is 46.3 Å². The first-order valence-corrected chi connectivity index (χ1v) is 11.7. The fourth-order valence-electron chi connectivity index (χ4n) is 8.73. The van der Waals surface area contributed by atoms with Crippen molar-refractivity contribution in [3.05, 3.63) is 0 Å². The minimum absolute atomic E-state index is 0.179. The summed E-state index contributed by atoms with van der Waals surface area (Å²) in [6.45, 7) is 7.16. The molecule has 28 heavy (non-hydrogen) atoms. The maximum absolute atomic E-state index is 11.2. The molecule has 4 saturated carbocycles. The lowest BCUT2D eigenvalue weighted by molar-refractivity contribution is -0.174. The SMILES string of the molecule is C[C@H](CC[13C](=O)O)[C@H]1CC[C@H]2[C@@H]3[C@H](O)C[C@@H]4C[C@H](O)CC[C@]4(C)[C@H]3CC[C@]12C. The molecule has 0 amide bonds. The van der Waals surface area contributed by atoms with Crippen molar-refractivity contribution < 1.29 is 20.1 Å². The standard InChI is InChI=1S/C24H40O4/c1-14(4-7-21(27)28)17-5-6-18-22-19(9-11-24(17,18)3)23(2)10-8-16(25)12-15(23)13-20(22)26/h14-20,22,25-26H,4-13H2,1-3H3,(H,27,28)/t14-,15+,16-,17-,18+,19+,20-,22+,23+,24-/m1/s1/i21+1. The first-order valence-electron chi connectivity index (χ1n) is 11.7.